The number of amides is 2. The standard InChI is InChI=1S/C17H21FN2O4/c1-17-7-8-19(15(21)10-23-2)9-14(17)20(16(22)11-24-17)13-5-3-12(18)4-6-13/h3-6,14H,7-11H2,1-2H3/t14-,17-/m1/s1. The van der Waals surface area contributed by atoms with E-state index >= 15 is 0 Å². The number of carbonyl (C=O) groups excluding carboxylic acids is 2. The summed E-state index contributed by atoms with van der Waals surface area (Å²) in [5.74, 6) is -0.662. The van der Waals surface area contributed by atoms with Crippen molar-refractivity contribution in [3.63, 3.8) is 0 Å². The maximum Gasteiger partial charge on any atom is 0.253 e. The Morgan fingerprint density at radius 3 is 2.79 bits per heavy atom. The zero-order valence-corrected chi connectivity index (χ0v) is 13.8. The average Bonchev–Trinajstić information content (AvgIpc) is 2.56. The van der Waals surface area contributed by atoms with Gasteiger partial charge in [0.1, 0.15) is 19.0 Å². The van der Waals surface area contributed by atoms with E-state index in [0.717, 1.165) is 0 Å². The van der Waals surface area contributed by atoms with Crippen LogP contribution in [0.4, 0.5) is 10.1 Å². The first kappa shape index (κ1) is 16.9. The molecule has 0 bridgehead atoms. The largest absolute Gasteiger partial charge is 0.375 e. The summed E-state index contributed by atoms with van der Waals surface area (Å²) in [7, 11) is 1.48. The first-order valence-corrected chi connectivity index (χ1v) is 7.93. The molecule has 130 valence electrons. The maximum absolute atomic E-state index is 13.2. The fraction of sp³-hybridized carbons (Fsp3) is 0.529. The minimum Gasteiger partial charge on any atom is -0.375 e. The van der Waals surface area contributed by atoms with Crippen molar-refractivity contribution in [3.8, 4) is 0 Å². The van der Waals surface area contributed by atoms with E-state index < -0.39 is 5.60 Å². The number of hydrogen-bond acceptors (Lipinski definition) is 4. The van der Waals surface area contributed by atoms with Gasteiger partial charge in [-0.15, -0.1) is 0 Å². The van der Waals surface area contributed by atoms with Crippen molar-refractivity contribution in [2.45, 2.75) is 25.0 Å². The van der Waals surface area contributed by atoms with E-state index in [0.29, 0.717) is 25.2 Å². The second kappa shape index (κ2) is 6.49. The van der Waals surface area contributed by atoms with Crippen LogP contribution < -0.4 is 4.90 Å². The highest BCUT2D eigenvalue weighted by molar-refractivity contribution is 5.96. The van der Waals surface area contributed by atoms with Gasteiger partial charge in [0.15, 0.2) is 0 Å². The molecule has 2 saturated heterocycles. The molecule has 2 aliphatic heterocycles. The number of methoxy groups -OCH3 is 1. The molecule has 1 aromatic carbocycles. The first-order chi connectivity index (χ1) is 11.4. The highest BCUT2D eigenvalue weighted by Gasteiger charge is 2.49. The predicted octanol–water partition coefficient (Wildman–Crippen LogP) is 1.19. The number of halogens is 1. The summed E-state index contributed by atoms with van der Waals surface area (Å²) in [4.78, 5) is 27.9. The van der Waals surface area contributed by atoms with Crippen molar-refractivity contribution in [3.05, 3.63) is 30.1 Å². The van der Waals surface area contributed by atoms with Crippen LogP contribution in [0.2, 0.25) is 0 Å². The molecule has 2 atom stereocenters. The molecule has 2 heterocycles. The number of morpholine rings is 1. The number of ether oxygens (including phenoxy) is 2. The number of nitrogens with zero attached hydrogens (tertiary/aromatic N) is 2. The van der Waals surface area contributed by atoms with E-state index in [-0.39, 0.29) is 36.9 Å². The minimum atomic E-state index is -0.536. The van der Waals surface area contributed by atoms with Gasteiger partial charge in [0.25, 0.3) is 5.91 Å². The molecule has 0 saturated carbocycles. The van der Waals surface area contributed by atoms with Crippen molar-refractivity contribution in [2.24, 2.45) is 0 Å². The molecule has 3 rings (SSSR count). The Balaban J connectivity index is 1.90. The molecule has 0 unspecified atom stereocenters. The number of rotatable bonds is 3. The third-order valence-electron chi connectivity index (χ3n) is 4.81. The van der Waals surface area contributed by atoms with Crippen LogP contribution in [0.5, 0.6) is 0 Å². The molecular weight excluding hydrogens is 315 g/mol. The molecule has 24 heavy (non-hydrogen) atoms. The lowest BCUT2D eigenvalue weighted by Gasteiger charge is -2.52. The third-order valence-corrected chi connectivity index (χ3v) is 4.81. The fourth-order valence-corrected chi connectivity index (χ4v) is 3.38. The second-order valence-corrected chi connectivity index (χ2v) is 6.38. The molecule has 0 radical (unpaired) electrons. The van der Waals surface area contributed by atoms with E-state index in [9.17, 15) is 14.0 Å². The minimum absolute atomic E-state index is 0.00872. The SMILES string of the molecule is COCC(=O)N1CC[C@@]2(C)OCC(=O)N(c3ccc(F)cc3)[C@@H]2C1. The van der Waals surface area contributed by atoms with Crippen LogP contribution >= 0.6 is 0 Å². The van der Waals surface area contributed by atoms with Crippen LogP contribution in [0.15, 0.2) is 24.3 Å². The average molecular weight is 336 g/mol. The van der Waals surface area contributed by atoms with Crippen LogP contribution in [0.3, 0.4) is 0 Å². The molecule has 7 heteroatoms. The van der Waals surface area contributed by atoms with Gasteiger partial charge in [-0.1, -0.05) is 0 Å². The molecule has 2 aliphatic rings. The Morgan fingerprint density at radius 1 is 1.42 bits per heavy atom. The van der Waals surface area contributed by atoms with E-state index in [1.54, 1.807) is 21.9 Å². The number of fused-ring (bicyclic) bond motifs is 1. The predicted molar refractivity (Wildman–Crippen MR) is 85.1 cm³/mol. The molecule has 0 N–H and O–H groups in total. The van der Waals surface area contributed by atoms with Crippen molar-refractivity contribution >= 4 is 17.5 Å². The first-order valence-electron chi connectivity index (χ1n) is 7.93. The normalized spacial score (nSPS) is 27.1. The van der Waals surface area contributed by atoms with Gasteiger partial charge in [-0.2, -0.15) is 0 Å². The van der Waals surface area contributed by atoms with Crippen LogP contribution in [0.25, 0.3) is 0 Å². The number of benzene rings is 1. The van der Waals surface area contributed by atoms with Crippen LogP contribution in [-0.2, 0) is 19.1 Å². The van der Waals surface area contributed by atoms with Gasteiger partial charge in [0.2, 0.25) is 5.91 Å². The summed E-state index contributed by atoms with van der Waals surface area (Å²) in [6.45, 7) is 2.87. The number of carbonyl (C=O) groups is 2. The lowest BCUT2D eigenvalue weighted by atomic mass is 9.85. The molecular formula is C17H21FN2O4. The number of hydrogen-bond donors (Lipinski definition) is 0. The van der Waals surface area contributed by atoms with Crippen molar-refractivity contribution < 1.29 is 23.5 Å². The van der Waals surface area contributed by atoms with Gasteiger partial charge in [-0.05, 0) is 37.6 Å². The van der Waals surface area contributed by atoms with Crippen molar-refractivity contribution in [1.82, 2.24) is 4.90 Å². The van der Waals surface area contributed by atoms with Gasteiger partial charge >= 0.3 is 0 Å². The molecule has 0 spiro atoms. The van der Waals surface area contributed by atoms with Crippen molar-refractivity contribution in [1.29, 1.82) is 0 Å². The monoisotopic (exact) mass is 336 g/mol. The van der Waals surface area contributed by atoms with Gasteiger partial charge in [0.05, 0.1) is 11.6 Å². The van der Waals surface area contributed by atoms with E-state index in [4.69, 9.17) is 9.47 Å². The highest BCUT2D eigenvalue weighted by Crippen LogP contribution is 2.36. The van der Waals surface area contributed by atoms with Crippen LogP contribution in [0.1, 0.15) is 13.3 Å². The topological polar surface area (TPSA) is 59.1 Å². The quantitative estimate of drug-likeness (QED) is 0.832. The number of anilines is 1. The summed E-state index contributed by atoms with van der Waals surface area (Å²) < 4.78 is 23.9. The Bertz CT molecular complexity index is 636. The number of likely N-dealkylation sites (tertiary alicyclic amines) is 1. The van der Waals surface area contributed by atoms with Crippen molar-refractivity contribution in [2.75, 3.05) is 38.3 Å². The van der Waals surface area contributed by atoms with Gasteiger partial charge < -0.3 is 19.3 Å². The molecule has 2 fully saturated rings. The molecule has 2 amide bonds. The molecule has 0 aliphatic carbocycles. The summed E-state index contributed by atoms with van der Waals surface area (Å²) in [5, 5.41) is 0. The Hall–Kier alpha value is -1.99. The van der Waals surface area contributed by atoms with Crippen LogP contribution in [-0.4, -0.2) is 61.8 Å². The fourth-order valence-electron chi connectivity index (χ4n) is 3.38. The molecule has 1 aromatic rings. The molecule has 0 aromatic heterocycles. The second-order valence-electron chi connectivity index (χ2n) is 6.38. The van der Waals surface area contributed by atoms with E-state index in [2.05, 4.69) is 0 Å². The Morgan fingerprint density at radius 2 is 2.12 bits per heavy atom. The third kappa shape index (κ3) is 3.01. The summed E-state index contributed by atoms with van der Waals surface area (Å²) in [6, 6.07) is 5.49. The summed E-state index contributed by atoms with van der Waals surface area (Å²) >= 11 is 0. The zero-order valence-electron chi connectivity index (χ0n) is 13.8. The van der Waals surface area contributed by atoms with E-state index in [1.807, 2.05) is 6.92 Å². The lowest BCUT2D eigenvalue weighted by Crippen LogP contribution is -2.68. The highest BCUT2D eigenvalue weighted by atomic mass is 19.1. The van der Waals surface area contributed by atoms with Crippen LogP contribution in [0, 0.1) is 5.82 Å². The molecule has 6 nitrogen and oxygen atoms in total. The Kier molecular flexibility index (Phi) is 4.56. The van der Waals surface area contributed by atoms with E-state index in [1.165, 1.54) is 19.2 Å². The smallest absolute Gasteiger partial charge is 0.253 e. The summed E-state index contributed by atoms with van der Waals surface area (Å²) in [5.41, 5.74) is 0.0774. The number of piperidine rings is 1. The van der Waals surface area contributed by atoms with Gasteiger partial charge in [-0.25, -0.2) is 4.39 Å². The Labute approximate surface area is 140 Å². The lowest BCUT2D eigenvalue weighted by molar-refractivity contribution is -0.157. The summed E-state index contributed by atoms with van der Waals surface area (Å²) in [6.07, 6.45) is 0.623. The zero-order chi connectivity index (χ0) is 17.3. The van der Waals surface area contributed by atoms with Gasteiger partial charge in [-0.3, -0.25) is 9.59 Å². The van der Waals surface area contributed by atoms with Gasteiger partial charge in [0, 0.05) is 25.9 Å². The maximum atomic E-state index is 13.2.